The molecule has 1 aliphatic carbocycles. The molecule has 3 atom stereocenters. The van der Waals surface area contributed by atoms with Gasteiger partial charge in [0.1, 0.15) is 6.07 Å². The molecule has 2 aliphatic rings. The molecule has 4 rings (SSSR count). The number of benzene rings is 2. The normalized spacial score (nSPS) is 22.9. The van der Waals surface area contributed by atoms with Crippen LogP contribution in [0.15, 0.2) is 42.5 Å². The number of nitrogens with one attached hydrogen (secondary N) is 1. The van der Waals surface area contributed by atoms with Crippen LogP contribution < -0.4 is 5.32 Å². The van der Waals surface area contributed by atoms with E-state index in [1.54, 1.807) is 6.07 Å². The van der Waals surface area contributed by atoms with E-state index in [4.69, 9.17) is 0 Å². The summed E-state index contributed by atoms with van der Waals surface area (Å²) in [5, 5.41) is 24.4. The Hall–Kier alpha value is -3.13. The maximum Gasteiger partial charge on any atom is 0.271 e. The first kappa shape index (κ1) is 16.3. The number of hydrogen-bond donors (Lipinski definition) is 1. The maximum absolute atomic E-state index is 11.3. The van der Waals surface area contributed by atoms with Crippen molar-refractivity contribution in [1.29, 1.82) is 5.26 Å². The van der Waals surface area contributed by atoms with Crippen molar-refractivity contribution < 1.29 is 4.92 Å². The van der Waals surface area contributed by atoms with E-state index in [1.807, 2.05) is 0 Å². The Balaban J connectivity index is 1.89. The first-order valence-corrected chi connectivity index (χ1v) is 8.72. The number of nitriles is 1. The van der Waals surface area contributed by atoms with Crippen LogP contribution in [0.1, 0.15) is 46.2 Å². The summed E-state index contributed by atoms with van der Waals surface area (Å²) in [6.07, 6.45) is 5.20. The van der Waals surface area contributed by atoms with E-state index in [2.05, 4.69) is 55.6 Å². The summed E-state index contributed by atoms with van der Waals surface area (Å²) in [6.45, 7) is 4.18. The van der Waals surface area contributed by atoms with E-state index in [9.17, 15) is 15.4 Å². The summed E-state index contributed by atoms with van der Waals surface area (Å²) >= 11 is 0. The smallest absolute Gasteiger partial charge is 0.271 e. The second kappa shape index (κ2) is 5.99. The van der Waals surface area contributed by atoms with Gasteiger partial charge in [0.15, 0.2) is 0 Å². The molecule has 0 unspecified atom stereocenters. The average molecular weight is 345 g/mol. The minimum atomic E-state index is -0.425. The second-order valence-corrected chi connectivity index (χ2v) is 7.16. The molecule has 0 bridgehead atoms. The second-order valence-electron chi connectivity index (χ2n) is 7.16. The van der Waals surface area contributed by atoms with Gasteiger partial charge in [-0.15, -0.1) is 0 Å². The highest BCUT2D eigenvalue weighted by molar-refractivity contribution is 5.71. The highest BCUT2D eigenvalue weighted by Crippen LogP contribution is 2.51. The van der Waals surface area contributed by atoms with Crippen LogP contribution in [0, 0.1) is 41.2 Å². The highest BCUT2D eigenvalue weighted by Gasteiger charge is 2.40. The lowest BCUT2D eigenvalue weighted by atomic mass is 9.75. The van der Waals surface area contributed by atoms with Crippen LogP contribution in [-0.2, 0) is 0 Å². The van der Waals surface area contributed by atoms with Crippen LogP contribution in [0.2, 0.25) is 0 Å². The van der Waals surface area contributed by atoms with Gasteiger partial charge in [-0.2, -0.15) is 5.26 Å². The van der Waals surface area contributed by atoms with Gasteiger partial charge in [0.2, 0.25) is 0 Å². The number of hydrogen-bond acceptors (Lipinski definition) is 4. The van der Waals surface area contributed by atoms with Crippen LogP contribution in [0.5, 0.6) is 0 Å². The van der Waals surface area contributed by atoms with Crippen molar-refractivity contribution >= 4 is 11.4 Å². The molecule has 2 aromatic rings. The number of anilines is 1. The molecule has 0 saturated carbocycles. The quantitative estimate of drug-likeness (QED) is 0.476. The summed E-state index contributed by atoms with van der Waals surface area (Å²) < 4.78 is 0. The molecule has 2 aromatic carbocycles. The monoisotopic (exact) mass is 345 g/mol. The van der Waals surface area contributed by atoms with E-state index in [-0.39, 0.29) is 23.6 Å². The predicted molar refractivity (Wildman–Crippen MR) is 100 cm³/mol. The highest BCUT2D eigenvalue weighted by atomic mass is 16.6. The fourth-order valence-electron chi connectivity index (χ4n) is 4.28. The van der Waals surface area contributed by atoms with Gasteiger partial charge in [0, 0.05) is 18.1 Å². The standard InChI is InChI=1S/C21H19N3O2/c1-12-6-7-13(2)18(8-12)21-17-5-3-4-16(17)19-10-15(24(25)26)9-14(11-22)20(19)23-21/h3-4,6-10,16-17,21,23H,5H2,1-2H3/t16-,17+,21-/m1/s1. The third-order valence-corrected chi connectivity index (χ3v) is 5.55. The zero-order valence-electron chi connectivity index (χ0n) is 14.7. The summed E-state index contributed by atoms with van der Waals surface area (Å²) in [6, 6.07) is 11.6. The molecule has 0 radical (unpaired) electrons. The molecule has 130 valence electrons. The zero-order valence-corrected chi connectivity index (χ0v) is 14.7. The van der Waals surface area contributed by atoms with Crippen molar-refractivity contribution in [2.75, 3.05) is 5.32 Å². The van der Waals surface area contributed by atoms with Crippen molar-refractivity contribution in [3.8, 4) is 6.07 Å². The van der Waals surface area contributed by atoms with Crippen molar-refractivity contribution in [3.63, 3.8) is 0 Å². The topological polar surface area (TPSA) is 79.0 Å². The number of nitro groups is 1. The first-order valence-electron chi connectivity index (χ1n) is 8.72. The van der Waals surface area contributed by atoms with Crippen LogP contribution in [-0.4, -0.2) is 4.92 Å². The average Bonchev–Trinajstić information content (AvgIpc) is 3.12. The Kier molecular flexibility index (Phi) is 3.77. The minimum Gasteiger partial charge on any atom is -0.377 e. The number of rotatable bonds is 2. The SMILES string of the molecule is Cc1ccc(C)c([C@@H]2Nc3c(C#N)cc([N+](=O)[O-])cc3[C@@H]3C=CC[C@@H]32)c1. The summed E-state index contributed by atoms with van der Waals surface area (Å²) in [5.74, 6) is 0.375. The third kappa shape index (κ3) is 2.46. The van der Waals surface area contributed by atoms with Crippen molar-refractivity contribution in [1.82, 2.24) is 0 Å². The maximum atomic E-state index is 11.3. The number of allylic oxidation sites excluding steroid dienone is 2. The molecule has 0 saturated heterocycles. The minimum absolute atomic E-state index is 0.0219. The lowest BCUT2D eigenvalue weighted by molar-refractivity contribution is -0.384. The molecule has 1 heterocycles. The fraction of sp³-hybridized carbons (Fsp3) is 0.286. The molecule has 0 aromatic heterocycles. The van der Waals surface area contributed by atoms with Gasteiger partial charge >= 0.3 is 0 Å². The van der Waals surface area contributed by atoms with Gasteiger partial charge in [-0.25, -0.2) is 0 Å². The van der Waals surface area contributed by atoms with Gasteiger partial charge in [-0.05, 0) is 42.9 Å². The Morgan fingerprint density at radius 3 is 2.77 bits per heavy atom. The number of nitro benzene ring substituents is 1. The molecule has 0 spiro atoms. The zero-order chi connectivity index (χ0) is 18.4. The Morgan fingerprint density at radius 1 is 1.23 bits per heavy atom. The van der Waals surface area contributed by atoms with Gasteiger partial charge in [0.05, 0.1) is 22.2 Å². The number of non-ortho nitro benzene ring substituents is 1. The lowest BCUT2D eigenvalue weighted by Crippen LogP contribution is -2.30. The van der Waals surface area contributed by atoms with Crippen molar-refractivity contribution in [3.05, 3.63) is 80.4 Å². The van der Waals surface area contributed by atoms with Gasteiger partial charge in [0.25, 0.3) is 5.69 Å². The van der Waals surface area contributed by atoms with Gasteiger partial charge < -0.3 is 5.32 Å². The lowest BCUT2D eigenvalue weighted by Gasteiger charge is -2.38. The van der Waals surface area contributed by atoms with Crippen molar-refractivity contribution in [2.24, 2.45) is 5.92 Å². The number of fused-ring (bicyclic) bond motifs is 3. The summed E-state index contributed by atoms with van der Waals surface area (Å²) in [4.78, 5) is 10.8. The molecule has 0 amide bonds. The number of aryl methyl sites for hydroxylation is 2. The Morgan fingerprint density at radius 2 is 2.04 bits per heavy atom. The Bertz CT molecular complexity index is 987. The van der Waals surface area contributed by atoms with Crippen LogP contribution in [0.4, 0.5) is 11.4 Å². The van der Waals surface area contributed by atoms with E-state index in [0.717, 1.165) is 17.7 Å². The van der Waals surface area contributed by atoms with E-state index >= 15 is 0 Å². The summed E-state index contributed by atoms with van der Waals surface area (Å²) in [7, 11) is 0. The number of nitrogens with zero attached hydrogens (tertiary/aromatic N) is 2. The van der Waals surface area contributed by atoms with Crippen molar-refractivity contribution in [2.45, 2.75) is 32.2 Å². The van der Waals surface area contributed by atoms with Crippen LogP contribution in [0.25, 0.3) is 0 Å². The molecule has 5 nitrogen and oxygen atoms in total. The van der Waals surface area contributed by atoms with Crippen LogP contribution >= 0.6 is 0 Å². The molecule has 1 aliphatic heterocycles. The molecular formula is C21H19N3O2. The fourth-order valence-corrected chi connectivity index (χ4v) is 4.28. The third-order valence-electron chi connectivity index (χ3n) is 5.55. The summed E-state index contributed by atoms with van der Waals surface area (Å²) in [5.41, 5.74) is 5.55. The van der Waals surface area contributed by atoms with E-state index < -0.39 is 4.92 Å². The molecule has 26 heavy (non-hydrogen) atoms. The van der Waals surface area contributed by atoms with Gasteiger partial charge in [-0.1, -0.05) is 35.9 Å². The molecule has 1 N–H and O–H groups in total. The molecule has 5 heteroatoms. The predicted octanol–water partition coefficient (Wildman–Crippen LogP) is 4.91. The van der Waals surface area contributed by atoms with Crippen LogP contribution in [0.3, 0.4) is 0 Å². The molecule has 0 fully saturated rings. The van der Waals surface area contributed by atoms with Gasteiger partial charge in [-0.3, -0.25) is 10.1 Å². The largest absolute Gasteiger partial charge is 0.377 e. The first-order chi connectivity index (χ1) is 12.5. The Labute approximate surface area is 152 Å². The van der Waals surface area contributed by atoms with E-state index in [1.165, 1.54) is 22.8 Å². The van der Waals surface area contributed by atoms with E-state index in [0.29, 0.717) is 5.56 Å². The molecular weight excluding hydrogens is 326 g/mol.